The zero-order valence-electron chi connectivity index (χ0n) is 10.6. The Bertz CT molecular complexity index is 305. The first-order valence-electron chi connectivity index (χ1n) is 5.10. The molecular weight excluding hydrogens is 226 g/mol. The van der Waals surface area contributed by atoms with Gasteiger partial charge in [-0.15, -0.1) is 0 Å². The second kappa shape index (κ2) is 6.12. The molecule has 6 nitrogen and oxygen atoms in total. The number of carbonyl (C=O) groups excluding carboxylic acids is 2. The zero-order valence-corrected chi connectivity index (χ0v) is 10.6. The van der Waals surface area contributed by atoms with Gasteiger partial charge >= 0.3 is 12.1 Å². The van der Waals surface area contributed by atoms with E-state index in [-0.39, 0.29) is 12.2 Å². The minimum atomic E-state index is -1.01. The Morgan fingerprint density at radius 1 is 1.41 bits per heavy atom. The van der Waals surface area contributed by atoms with Gasteiger partial charge in [-0.25, -0.2) is 9.59 Å². The summed E-state index contributed by atoms with van der Waals surface area (Å²) < 4.78 is 9.46. The summed E-state index contributed by atoms with van der Waals surface area (Å²) in [5, 5.41) is 11.3. The fraction of sp³-hybridized carbons (Fsp3) is 0.636. The molecule has 17 heavy (non-hydrogen) atoms. The molecule has 0 radical (unpaired) electrons. The van der Waals surface area contributed by atoms with Crippen LogP contribution in [0.3, 0.4) is 0 Å². The number of aliphatic hydroxyl groups is 1. The molecule has 0 aromatic carbocycles. The molecule has 0 aliphatic heterocycles. The number of methoxy groups -OCH3 is 1. The van der Waals surface area contributed by atoms with E-state index in [1.165, 1.54) is 7.11 Å². The molecule has 0 aromatic rings. The van der Waals surface area contributed by atoms with Crippen molar-refractivity contribution in [1.29, 1.82) is 0 Å². The lowest BCUT2D eigenvalue weighted by Gasteiger charge is -2.22. The molecule has 0 fully saturated rings. The highest BCUT2D eigenvalue weighted by Crippen LogP contribution is 2.08. The average molecular weight is 245 g/mol. The lowest BCUT2D eigenvalue weighted by atomic mass is 10.2. The Balaban J connectivity index is 4.48. The third-order valence-corrected chi connectivity index (χ3v) is 1.62. The van der Waals surface area contributed by atoms with Crippen LogP contribution in [0.2, 0.25) is 0 Å². The molecule has 0 aliphatic rings. The van der Waals surface area contributed by atoms with Gasteiger partial charge in [0.1, 0.15) is 11.6 Å². The molecular formula is C11H19NO5. The van der Waals surface area contributed by atoms with E-state index in [0.29, 0.717) is 0 Å². The molecule has 0 rings (SSSR count). The van der Waals surface area contributed by atoms with Gasteiger partial charge in [-0.3, -0.25) is 0 Å². The smallest absolute Gasteiger partial charge is 0.408 e. The number of rotatable bonds is 4. The summed E-state index contributed by atoms with van der Waals surface area (Å²) in [6.07, 6.45) is -0.875. The highest BCUT2D eigenvalue weighted by Gasteiger charge is 2.25. The van der Waals surface area contributed by atoms with Gasteiger partial charge < -0.3 is 19.9 Å². The number of amides is 1. The number of alkyl carbamates (subject to hydrolysis) is 1. The first-order chi connectivity index (χ1) is 7.65. The van der Waals surface area contributed by atoms with Crippen LogP contribution < -0.4 is 5.32 Å². The third kappa shape index (κ3) is 7.21. The molecule has 1 unspecified atom stereocenters. The standard InChI is InChI=1S/C11H19NO5/c1-7(13)6-8(9(14)16-5)12-10(15)17-11(2,3)4/h8,13H,1,6H2,2-5H3,(H,12,15). The molecule has 0 spiro atoms. The first kappa shape index (κ1) is 15.3. The van der Waals surface area contributed by atoms with Crippen LogP contribution in [0.4, 0.5) is 4.79 Å². The van der Waals surface area contributed by atoms with Crippen molar-refractivity contribution in [3.05, 3.63) is 12.3 Å². The van der Waals surface area contributed by atoms with Crippen molar-refractivity contribution in [1.82, 2.24) is 5.32 Å². The SMILES string of the molecule is C=C(O)CC(NC(=O)OC(C)(C)C)C(=O)OC. The highest BCUT2D eigenvalue weighted by atomic mass is 16.6. The molecule has 6 heteroatoms. The molecule has 0 saturated carbocycles. The number of ether oxygens (including phenoxy) is 2. The summed E-state index contributed by atoms with van der Waals surface area (Å²) in [4.78, 5) is 22.7. The van der Waals surface area contributed by atoms with E-state index in [4.69, 9.17) is 9.84 Å². The molecule has 1 atom stereocenters. The van der Waals surface area contributed by atoms with Crippen LogP contribution in [0.25, 0.3) is 0 Å². The van der Waals surface area contributed by atoms with E-state index in [9.17, 15) is 9.59 Å². The summed E-state index contributed by atoms with van der Waals surface area (Å²) in [5.41, 5.74) is -0.666. The maximum absolute atomic E-state index is 11.4. The average Bonchev–Trinajstić information content (AvgIpc) is 2.11. The van der Waals surface area contributed by atoms with Crippen LogP contribution in [-0.2, 0) is 14.3 Å². The monoisotopic (exact) mass is 245 g/mol. The molecule has 0 heterocycles. The van der Waals surface area contributed by atoms with E-state index in [2.05, 4.69) is 16.6 Å². The van der Waals surface area contributed by atoms with Gasteiger partial charge in [0.2, 0.25) is 0 Å². The molecule has 0 aromatic heterocycles. The predicted molar refractivity (Wildman–Crippen MR) is 61.6 cm³/mol. The Morgan fingerprint density at radius 3 is 2.29 bits per heavy atom. The van der Waals surface area contributed by atoms with Gasteiger partial charge in [-0.2, -0.15) is 0 Å². The van der Waals surface area contributed by atoms with Crippen molar-refractivity contribution in [3.63, 3.8) is 0 Å². The number of carbonyl (C=O) groups is 2. The minimum absolute atomic E-state index is 0.119. The second-order valence-electron chi connectivity index (χ2n) is 4.49. The lowest BCUT2D eigenvalue weighted by Crippen LogP contribution is -2.44. The third-order valence-electron chi connectivity index (χ3n) is 1.62. The van der Waals surface area contributed by atoms with Gasteiger partial charge in [0.25, 0.3) is 0 Å². The predicted octanol–water partition coefficient (Wildman–Crippen LogP) is 1.51. The van der Waals surface area contributed by atoms with Crippen molar-refractivity contribution >= 4 is 12.1 Å². The fourth-order valence-electron chi connectivity index (χ4n) is 1.02. The van der Waals surface area contributed by atoms with Gasteiger partial charge in [0.15, 0.2) is 0 Å². The van der Waals surface area contributed by atoms with Crippen LogP contribution in [0.5, 0.6) is 0 Å². The normalized spacial score (nSPS) is 12.5. The topological polar surface area (TPSA) is 84.9 Å². The van der Waals surface area contributed by atoms with Crippen molar-refractivity contribution in [3.8, 4) is 0 Å². The highest BCUT2D eigenvalue weighted by molar-refractivity contribution is 5.81. The molecule has 98 valence electrons. The number of nitrogens with one attached hydrogen (secondary N) is 1. The summed E-state index contributed by atoms with van der Waals surface area (Å²) >= 11 is 0. The Kier molecular flexibility index (Phi) is 5.50. The van der Waals surface area contributed by atoms with E-state index in [0.717, 1.165) is 0 Å². The number of esters is 1. The molecule has 0 aliphatic carbocycles. The van der Waals surface area contributed by atoms with Crippen LogP contribution in [0.15, 0.2) is 12.3 Å². The minimum Gasteiger partial charge on any atom is -0.513 e. The summed E-state index contributed by atoms with van der Waals surface area (Å²) in [5.74, 6) is -0.900. The van der Waals surface area contributed by atoms with E-state index < -0.39 is 23.7 Å². The number of aliphatic hydroxyl groups excluding tert-OH is 1. The quantitative estimate of drug-likeness (QED) is 0.579. The lowest BCUT2D eigenvalue weighted by molar-refractivity contribution is -0.143. The Labute approximate surface area is 101 Å². The van der Waals surface area contributed by atoms with E-state index in [1.807, 2.05) is 0 Å². The maximum atomic E-state index is 11.4. The van der Waals surface area contributed by atoms with Crippen LogP contribution in [-0.4, -0.2) is 35.9 Å². The van der Waals surface area contributed by atoms with Crippen molar-refractivity contribution in [2.45, 2.75) is 38.8 Å². The summed E-state index contributed by atoms with van der Waals surface area (Å²) in [7, 11) is 1.19. The number of hydrogen-bond acceptors (Lipinski definition) is 5. The van der Waals surface area contributed by atoms with Crippen molar-refractivity contribution in [2.24, 2.45) is 0 Å². The van der Waals surface area contributed by atoms with Crippen LogP contribution in [0.1, 0.15) is 27.2 Å². The second-order valence-corrected chi connectivity index (χ2v) is 4.49. The molecule has 2 N–H and O–H groups in total. The van der Waals surface area contributed by atoms with Crippen LogP contribution >= 0.6 is 0 Å². The fourth-order valence-corrected chi connectivity index (χ4v) is 1.02. The van der Waals surface area contributed by atoms with Gasteiger partial charge in [-0.1, -0.05) is 6.58 Å². The first-order valence-corrected chi connectivity index (χ1v) is 5.10. The molecule has 1 amide bonds. The largest absolute Gasteiger partial charge is 0.513 e. The van der Waals surface area contributed by atoms with E-state index >= 15 is 0 Å². The maximum Gasteiger partial charge on any atom is 0.408 e. The van der Waals surface area contributed by atoms with Crippen molar-refractivity contribution in [2.75, 3.05) is 7.11 Å². The summed E-state index contributed by atoms with van der Waals surface area (Å²) in [6.45, 7) is 8.35. The van der Waals surface area contributed by atoms with Gasteiger partial charge in [0, 0.05) is 6.42 Å². The summed E-state index contributed by atoms with van der Waals surface area (Å²) in [6, 6.07) is -1.01. The Morgan fingerprint density at radius 2 is 1.94 bits per heavy atom. The van der Waals surface area contributed by atoms with E-state index in [1.54, 1.807) is 20.8 Å². The molecule has 0 saturated heterocycles. The Hall–Kier alpha value is -1.72. The van der Waals surface area contributed by atoms with Crippen LogP contribution in [0, 0.1) is 0 Å². The molecule has 0 bridgehead atoms. The van der Waals surface area contributed by atoms with Gasteiger partial charge in [0.05, 0.1) is 12.9 Å². The zero-order chi connectivity index (χ0) is 13.6. The van der Waals surface area contributed by atoms with Gasteiger partial charge in [-0.05, 0) is 20.8 Å². The van der Waals surface area contributed by atoms with Crippen molar-refractivity contribution < 1.29 is 24.2 Å². The number of hydrogen-bond donors (Lipinski definition) is 2.